The van der Waals surface area contributed by atoms with Gasteiger partial charge in [0.25, 0.3) is 0 Å². The van der Waals surface area contributed by atoms with Crippen LogP contribution in [0.2, 0.25) is 10.0 Å². The molecule has 0 aliphatic carbocycles. The molecule has 0 bridgehead atoms. The molecule has 0 aliphatic heterocycles. The van der Waals surface area contributed by atoms with Crippen LogP contribution in [0.15, 0.2) is 12.1 Å². The zero-order valence-electron chi connectivity index (χ0n) is 7.21. The topological polar surface area (TPSA) is 43.4 Å². The molecule has 5 heteroatoms. The summed E-state index contributed by atoms with van der Waals surface area (Å²) in [5, 5.41) is 0.313. The number of hydrogen-bond donors (Lipinski definition) is 0. The van der Waals surface area contributed by atoms with Crippen LogP contribution in [-0.2, 0) is 4.74 Å². The second-order valence-electron chi connectivity index (χ2n) is 2.46. The Kier molecular flexibility index (Phi) is 3.49. The predicted molar refractivity (Wildman–Crippen MR) is 53.2 cm³/mol. The fourth-order valence-corrected chi connectivity index (χ4v) is 1.38. The predicted octanol–water partition coefficient (Wildman–Crippen LogP) is 2.59. The van der Waals surface area contributed by atoms with Crippen molar-refractivity contribution < 1.29 is 14.3 Å². The fraction of sp³-hybridized carbons (Fsp3) is 0.111. The molecule has 1 rings (SSSR count). The Hall–Kier alpha value is -1.06. The highest BCUT2D eigenvalue weighted by Gasteiger charge is 2.13. The fourth-order valence-electron chi connectivity index (χ4n) is 0.919. The molecule has 0 saturated carbocycles. The van der Waals surface area contributed by atoms with Crippen molar-refractivity contribution in [2.24, 2.45) is 0 Å². The van der Waals surface area contributed by atoms with Crippen LogP contribution in [0.5, 0.6) is 0 Å². The standard InChI is InChI=1S/C9H6Cl2O3/c1-14-9(13)6-3-7(10)5(4-12)2-8(6)11/h2-4H,1H3. The van der Waals surface area contributed by atoms with E-state index in [4.69, 9.17) is 23.2 Å². The van der Waals surface area contributed by atoms with Gasteiger partial charge < -0.3 is 4.74 Å². The molecule has 0 aliphatic rings. The largest absolute Gasteiger partial charge is 0.465 e. The molecule has 74 valence electrons. The molecule has 1 aromatic carbocycles. The van der Waals surface area contributed by atoms with Gasteiger partial charge in [0.05, 0.1) is 22.7 Å². The summed E-state index contributed by atoms with van der Waals surface area (Å²) in [5.41, 5.74) is 0.383. The Morgan fingerprint density at radius 2 is 2.00 bits per heavy atom. The minimum atomic E-state index is -0.589. The summed E-state index contributed by atoms with van der Waals surface area (Å²) in [5.74, 6) is -0.589. The van der Waals surface area contributed by atoms with Crippen molar-refractivity contribution >= 4 is 35.5 Å². The maximum atomic E-state index is 11.1. The summed E-state index contributed by atoms with van der Waals surface area (Å²) < 4.78 is 4.48. The quantitative estimate of drug-likeness (QED) is 0.582. The third-order valence-corrected chi connectivity index (χ3v) is 2.26. The van der Waals surface area contributed by atoms with Gasteiger partial charge in [0, 0.05) is 5.56 Å². The van der Waals surface area contributed by atoms with Crippen LogP contribution in [0.4, 0.5) is 0 Å². The molecular formula is C9H6Cl2O3. The lowest BCUT2D eigenvalue weighted by Crippen LogP contribution is -2.02. The Balaban J connectivity index is 3.28. The monoisotopic (exact) mass is 232 g/mol. The first kappa shape index (κ1) is 11.0. The summed E-state index contributed by atoms with van der Waals surface area (Å²) in [6.07, 6.45) is 0.565. The Labute approximate surface area is 90.6 Å². The van der Waals surface area contributed by atoms with E-state index in [-0.39, 0.29) is 21.2 Å². The summed E-state index contributed by atoms with van der Waals surface area (Å²) in [6.45, 7) is 0. The second-order valence-corrected chi connectivity index (χ2v) is 3.28. The van der Waals surface area contributed by atoms with Gasteiger partial charge in [-0.05, 0) is 12.1 Å². The molecule has 14 heavy (non-hydrogen) atoms. The molecule has 0 radical (unpaired) electrons. The van der Waals surface area contributed by atoms with Gasteiger partial charge in [-0.3, -0.25) is 4.79 Å². The van der Waals surface area contributed by atoms with Gasteiger partial charge in [-0.1, -0.05) is 23.2 Å². The molecule has 1 aromatic rings. The molecule has 0 spiro atoms. The minimum Gasteiger partial charge on any atom is -0.465 e. The van der Waals surface area contributed by atoms with Crippen LogP contribution >= 0.6 is 23.2 Å². The van der Waals surface area contributed by atoms with E-state index in [2.05, 4.69) is 4.74 Å². The van der Waals surface area contributed by atoms with E-state index in [1.807, 2.05) is 0 Å². The molecule has 0 saturated heterocycles. The summed E-state index contributed by atoms with van der Waals surface area (Å²) >= 11 is 11.4. The van der Waals surface area contributed by atoms with Crippen LogP contribution in [0.1, 0.15) is 20.7 Å². The molecule has 0 N–H and O–H groups in total. The molecule has 0 heterocycles. The summed E-state index contributed by atoms with van der Waals surface area (Å²) in [4.78, 5) is 21.6. The van der Waals surface area contributed by atoms with Crippen molar-refractivity contribution in [2.45, 2.75) is 0 Å². The Morgan fingerprint density at radius 3 is 2.50 bits per heavy atom. The van der Waals surface area contributed by atoms with E-state index < -0.39 is 5.97 Å². The summed E-state index contributed by atoms with van der Waals surface area (Å²) in [7, 11) is 1.24. The van der Waals surface area contributed by atoms with Crippen LogP contribution in [-0.4, -0.2) is 19.4 Å². The zero-order valence-corrected chi connectivity index (χ0v) is 8.72. The summed E-state index contributed by atoms with van der Waals surface area (Å²) in [6, 6.07) is 2.63. The highest BCUT2D eigenvalue weighted by molar-refractivity contribution is 6.37. The highest BCUT2D eigenvalue weighted by atomic mass is 35.5. The number of rotatable bonds is 2. The maximum absolute atomic E-state index is 11.1. The average molecular weight is 233 g/mol. The molecule has 0 aromatic heterocycles. The number of benzene rings is 1. The number of halogens is 2. The second kappa shape index (κ2) is 4.44. The first-order chi connectivity index (χ1) is 6.60. The first-order valence-electron chi connectivity index (χ1n) is 3.62. The highest BCUT2D eigenvalue weighted by Crippen LogP contribution is 2.24. The van der Waals surface area contributed by atoms with Gasteiger partial charge in [-0.2, -0.15) is 0 Å². The molecule has 0 atom stereocenters. The number of ether oxygens (including phenoxy) is 1. The van der Waals surface area contributed by atoms with E-state index in [1.165, 1.54) is 19.2 Å². The van der Waals surface area contributed by atoms with E-state index in [9.17, 15) is 9.59 Å². The third kappa shape index (κ3) is 2.05. The Bertz CT molecular complexity index is 388. The van der Waals surface area contributed by atoms with E-state index in [1.54, 1.807) is 0 Å². The first-order valence-corrected chi connectivity index (χ1v) is 4.38. The van der Waals surface area contributed by atoms with Crippen LogP contribution < -0.4 is 0 Å². The van der Waals surface area contributed by atoms with E-state index >= 15 is 0 Å². The lowest BCUT2D eigenvalue weighted by atomic mass is 10.1. The van der Waals surface area contributed by atoms with Crippen molar-refractivity contribution in [3.8, 4) is 0 Å². The van der Waals surface area contributed by atoms with Crippen LogP contribution in [0.25, 0.3) is 0 Å². The lowest BCUT2D eigenvalue weighted by Gasteiger charge is -2.04. The van der Waals surface area contributed by atoms with Gasteiger partial charge in [0.1, 0.15) is 0 Å². The van der Waals surface area contributed by atoms with E-state index in [0.717, 1.165) is 0 Å². The van der Waals surface area contributed by atoms with Crippen molar-refractivity contribution in [1.82, 2.24) is 0 Å². The van der Waals surface area contributed by atoms with Crippen molar-refractivity contribution in [1.29, 1.82) is 0 Å². The Morgan fingerprint density at radius 1 is 1.36 bits per heavy atom. The zero-order chi connectivity index (χ0) is 10.7. The SMILES string of the molecule is COC(=O)c1cc(Cl)c(C=O)cc1Cl. The van der Waals surface area contributed by atoms with Crippen LogP contribution in [0.3, 0.4) is 0 Å². The van der Waals surface area contributed by atoms with Crippen LogP contribution in [0, 0.1) is 0 Å². The van der Waals surface area contributed by atoms with Gasteiger partial charge in [0.15, 0.2) is 6.29 Å². The third-order valence-electron chi connectivity index (χ3n) is 1.62. The van der Waals surface area contributed by atoms with Gasteiger partial charge in [0.2, 0.25) is 0 Å². The number of aldehydes is 1. The van der Waals surface area contributed by atoms with Gasteiger partial charge in [-0.15, -0.1) is 0 Å². The van der Waals surface area contributed by atoms with Gasteiger partial charge in [-0.25, -0.2) is 4.79 Å². The number of carbonyl (C=O) groups is 2. The van der Waals surface area contributed by atoms with Crippen molar-refractivity contribution in [3.05, 3.63) is 33.3 Å². The number of hydrogen-bond acceptors (Lipinski definition) is 3. The van der Waals surface area contributed by atoms with Gasteiger partial charge >= 0.3 is 5.97 Å². The number of methoxy groups -OCH3 is 1. The normalized spacial score (nSPS) is 9.64. The molecule has 0 fully saturated rings. The number of carbonyl (C=O) groups excluding carboxylic acids is 2. The molecule has 0 amide bonds. The smallest absolute Gasteiger partial charge is 0.339 e. The maximum Gasteiger partial charge on any atom is 0.339 e. The van der Waals surface area contributed by atoms with E-state index in [0.29, 0.717) is 6.29 Å². The number of esters is 1. The molecule has 0 unspecified atom stereocenters. The average Bonchev–Trinajstić information content (AvgIpc) is 2.19. The van der Waals surface area contributed by atoms with Crippen molar-refractivity contribution in [3.63, 3.8) is 0 Å². The minimum absolute atomic E-state index is 0.142. The molecule has 3 nitrogen and oxygen atoms in total. The molecular weight excluding hydrogens is 227 g/mol. The van der Waals surface area contributed by atoms with Crippen molar-refractivity contribution in [2.75, 3.05) is 7.11 Å². The lowest BCUT2D eigenvalue weighted by molar-refractivity contribution is 0.0600.